The van der Waals surface area contributed by atoms with E-state index in [0.717, 1.165) is 24.5 Å². The molecule has 2 fully saturated rings. The van der Waals surface area contributed by atoms with Crippen molar-refractivity contribution in [2.24, 2.45) is 5.92 Å². The highest BCUT2D eigenvalue weighted by Crippen LogP contribution is 2.37. The van der Waals surface area contributed by atoms with E-state index < -0.39 is 5.92 Å². The van der Waals surface area contributed by atoms with Crippen LogP contribution in [0.4, 0.5) is 17.1 Å². The number of rotatable bonds is 4. The number of hydrogen-bond acceptors (Lipinski definition) is 6. The second kappa shape index (κ2) is 7.87. The summed E-state index contributed by atoms with van der Waals surface area (Å²) < 4.78 is 16.2. The first-order valence-electron chi connectivity index (χ1n) is 10.1. The van der Waals surface area contributed by atoms with Gasteiger partial charge in [-0.25, -0.2) is 0 Å². The largest absolute Gasteiger partial charge is 0.454 e. The lowest BCUT2D eigenvalue weighted by Gasteiger charge is -2.30. The van der Waals surface area contributed by atoms with E-state index in [4.69, 9.17) is 14.2 Å². The maximum Gasteiger partial charge on any atom is 0.231 e. The van der Waals surface area contributed by atoms with Crippen LogP contribution in [0.15, 0.2) is 42.5 Å². The van der Waals surface area contributed by atoms with Crippen molar-refractivity contribution in [3.8, 4) is 11.5 Å². The lowest BCUT2D eigenvalue weighted by atomic mass is 10.1. The number of ether oxygens (including phenoxy) is 3. The smallest absolute Gasteiger partial charge is 0.231 e. The SMILES string of the molecule is O=C(Nc1ccccc1N1CCOCC1)C1CC(=O)N(c2ccc3c(c2)OCO3)C1. The van der Waals surface area contributed by atoms with Crippen molar-refractivity contribution in [1.29, 1.82) is 0 Å². The van der Waals surface area contributed by atoms with Crippen LogP contribution in [0.2, 0.25) is 0 Å². The fourth-order valence-electron chi connectivity index (χ4n) is 4.08. The van der Waals surface area contributed by atoms with Gasteiger partial charge in [0, 0.05) is 37.8 Å². The van der Waals surface area contributed by atoms with Gasteiger partial charge in [0.15, 0.2) is 11.5 Å². The van der Waals surface area contributed by atoms with Gasteiger partial charge in [0.2, 0.25) is 18.6 Å². The van der Waals surface area contributed by atoms with Gasteiger partial charge in [-0.15, -0.1) is 0 Å². The van der Waals surface area contributed by atoms with Crippen LogP contribution < -0.4 is 24.6 Å². The first-order chi connectivity index (χ1) is 14.7. The summed E-state index contributed by atoms with van der Waals surface area (Å²) in [4.78, 5) is 29.4. The quantitative estimate of drug-likeness (QED) is 0.834. The molecule has 0 radical (unpaired) electrons. The van der Waals surface area contributed by atoms with Gasteiger partial charge < -0.3 is 29.3 Å². The number of nitrogens with zero attached hydrogens (tertiary/aromatic N) is 2. The second-order valence-corrected chi connectivity index (χ2v) is 7.55. The third kappa shape index (κ3) is 3.54. The molecular weight excluding hydrogens is 386 g/mol. The van der Waals surface area contributed by atoms with Crippen LogP contribution in [-0.4, -0.2) is 51.5 Å². The van der Waals surface area contributed by atoms with Crippen LogP contribution in [0.5, 0.6) is 11.5 Å². The van der Waals surface area contributed by atoms with E-state index in [-0.39, 0.29) is 25.0 Å². The molecule has 156 valence electrons. The first kappa shape index (κ1) is 18.7. The van der Waals surface area contributed by atoms with E-state index >= 15 is 0 Å². The van der Waals surface area contributed by atoms with Crippen LogP contribution in [0, 0.1) is 5.92 Å². The number of nitrogens with one attached hydrogen (secondary N) is 1. The lowest BCUT2D eigenvalue weighted by molar-refractivity contribution is -0.122. The number of amides is 2. The van der Waals surface area contributed by atoms with Crippen molar-refractivity contribution in [3.63, 3.8) is 0 Å². The highest BCUT2D eigenvalue weighted by atomic mass is 16.7. The Balaban J connectivity index is 1.29. The Morgan fingerprint density at radius 2 is 1.83 bits per heavy atom. The highest BCUT2D eigenvalue weighted by molar-refractivity contribution is 6.04. The second-order valence-electron chi connectivity index (χ2n) is 7.55. The minimum Gasteiger partial charge on any atom is -0.454 e. The van der Waals surface area contributed by atoms with E-state index in [1.807, 2.05) is 30.3 Å². The van der Waals surface area contributed by atoms with Gasteiger partial charge >= 0.3 is 0 Å². The van der Waals surface area contributed by atoms with Crippen LogP contribution in [0.3, 0.4) is 0 Å². The first-order valence-corrected chi connectivity index (χ1v) is 10.1. The summed E-state index contributed by atoms with van der Waals surface area (Å²) in [7, 11) is 0. The van der Waals surface area contributed by atoms with Gasteiger partial charge in [0.05, 0.1) is 30.5 Å². The van der Waals surface area contributed by atoms with Gasteiger partial charge in [-0.05, 0) is 24.3 Å². The number of anilines is 3. The molecule has 2 aromatic rings. The number of morpholine rings is 1. The van der Waals surface area contributed by atoms with E-state index in [1.165, 1.54) is 0 Å². The Morgan fingerprint density at radius 3 is 2.70 bits per heavy atom. The summed E-state index contributed by atoms with van der Waals surface area (Å²) in [5.41, 5.74) is 2.46. The van der Waals surface area contributed by atoms with Gasteiger partial charge in [-0.1, -0.05) is 12.1 Å². The predicted molar refractivity (Wildman–Crippen MR) is 111 cm³/mol. The number of para-hydroxylation sites is 2. The molecule has 0 bridgehead atoms. The molecule has 1 atom stereocenters. The molecule has 3 aliphatic rings. The van der Waals surface area contributed by atoms with E-state index in [2.05, 4.69) is 10.2 Å². The molecule has 5 rings (SSSR count). The van der Waals surface area contributed by atoms with Crippen LogP contribution in [0.1, 0.15) is 6.42 Å². The molecule has 8 heteroatoms. The molecule has 0 saturated carbocycles. The Bertz CT molecular complexity index is 973. The summed E-state index contributed by atoms with van der Waals surface area (Å²) in [6, 6.07) is 13.2. The molecule has 0 aliphatic carbocycles. The summed E-state index contributed by atoms with van der Waals surface area (Å²) in [5.74, 6) is 0.649. The number of fused-ring (bicyclic) bond motifs is 1. The third-order valence-electron chi connectivity index (χ3n) is 5.68. The summed E-state index contributed by atoms with van der Waals surface area (Å²) in [5, 5.41) is 3.04. The number of hydrogen-bond donors (Lipinski definition) is 1. The van der Waals surface area contributed by atoms with Crippen molar-refractivity contribution >= 4 is 28.9 Å². The summed E-state index contributed by atoms with van der Waals surface area (Å²) in [6.45, 7) is 3.43. The van der Waals surface area contributed by atoms with Gasteiger partial charge in [-0.2, -0.15) is 0 Å². The third-order valence-corrected chi connectivity index (χ3v) is 5.68. The number of benzene rings is 2. The normalized spacial score (nSPS) is 20.5. The van der Waals surface area contributed by atoms with E-state index in [1.54, 1.807) is 17.0 Å². The molecule has 0 spiro atoms. The fourth-order valence-corrected chi connectivity index (χ4v) is 4.08. The van der Waals surface area contributed by atoms with Gasteiger partial charge in [-0.3, -0.25) is 9.59 Å². The molecule has 3 heterocycles. The zero-order valence-electron chi connectivity index (χ0n) is 16.5. The number of carbonyl (C=O) groups is 2. The van der Waals surface area contributed by atoms with Crippen molar-refractivity contribution in [2.45, 2.75) is 6.42 Å². The van der Waals surface area contributed by atoms with Crippen LogP contribution >= 0.6 is 0 Å². The van der Waals surface area contributed by atoms with Crippen LogP contribution in [0.25, 0.3) is 0 Å². The predicted octanol–water partition coefficient (Wildman–Crippen LogP) is 2.24. The molecule has 2 amide bonds. The molecule has 3 aliphatic heterocycles. The summed E-state index contributed by atoms with van der Waals surface area (Å²) >= 11 is 0. The van der Waals surface area contributed by atoms with Crippen LogP contribution in [-0.2, 0) is 14.3 Å². The summed E-state index contributed by atoms with van der Waals surface area (Å²) in [6.07, 6.45) is 0.181. The van der Waals surface area contributed by atoms with E-state index in [9.17, 15) is 9.59 Å². The van der Waals surface area contributed by atoms with Crippen molar-refractivity contribution in [2.75, 3.05) is 54.8 Å². The van der Waals surface area contributed by atoms with E-state index in [0.29, 0.717) is 36.9 Å². The maximum absolute atomic E-state index is 13.0. The minimum atomic E-state index is -0.416. The van der Waals surface area contributed by atoms with Gasteiger partial charge in [0.25, 0.3) is 0 Å². The number of carbonyl (C=O) groups excluding carboxylic acids is 2. The Labute approximate surface area is 174 Å². The Kier molecular flexibility index (Phi) is 4.92. The lowest BCUT2D eigenvalue weighted by Crippen LogP contribution is -2.37. The molecule has 8 nitrogen and oxygen atoms in total. The standard InChI is InChI=1S/C22H23N3O5/c26-21-11-15(13-25(21)16-5-6-19-20(12-16)30-14-29-19)22(27)23-17-3-1-2-4-18(17)24-7-9-28-10-8-24/h1-6,12,15H,7-11,13-14H2,(H,23,27). The van der Waals surface area contributed by atoms with Crippen molar-refractivity contribution < 1.29 is 23.8 Å². The molecule has 1 N–H and O–H groups in total. The average Bonchev–Trinajstić information content (AvgIpc) is 3.40. The zero-order valence-corrected chi connectivity index (χ0v) is 16.5. The highest BCUT2D eigenvalue weighted by Gasteiger charge is 2.36. The molecular formula is C22H23N3O5. The Hall–Kier alpha value is -3.26. The molecule has 2 aromatic carbocycles. The molecule has 0 aromatic heterocycles. The molecule has 2 saturated heterocycles. The van der Waals surface area contributed by atoms with Gasteiger partial charge in [0.1, 0.15) is 0 Å². The molecule has 30 heavy (non-hydrogen) atoms. The topological polar surface area (TPSA) is 80.3 Å². The average molecular weight is 409 g/mol. The van der Waals surface area contributed by atoms with Crippen molar-refractivity contribution in [3.05, 3.63) is 42.5 Å². The maximum atomic E-state index is 13.0. The minimum absolute atomic E-state index is 0.0736. The monoisotopic (exact) mass is 409 g/mol. The van der Waals surface area contributed by atoms with Crippen molar-refractivity contribution in [1.82, 2.24) is 0 Å². The fraction of sp³-hybridized carbons (Fsp3) is 0.364. The zero-order chi connectivity index (χ0) is 20.5. The Morgan fingerprint density at radius 1 is 1.03 bits per heavy atom. The molecule has 1 unspecified atom stereocenters.